The summed E-state index contributed by atoms with van der Waals surface area (Å²) < 4.78 is 0.658. The molecule has 2 nitrogen and oxygen atoms in total. The minimum absolute atomic E-state index is 0.480. The highest BCUT2D eigenvalue weighted by atomic mass is 35.5. The van der Waals surface area contributed by atoms with Gasteiger partial charge in [0.15, 0.2) is 0 Å². The van der Waals surface area contributed by atoms with Gasteiger partial charge in [0.05, 0.1) is 10.4 Å². The number of hydrogen-bond acceptors (Lipinski definition) is 3. The van der Waals surface area contributed by atoms with Crippen LogP contribution in [-0.4, -0.2) is 11.7 Å². The van der Waals surface area contributed by atoms with E-state index in [1.165, 1.54) is 11.3 Å². The summed E-state index contributed by atoms with van der Waals surface area (Å²) in [6.07, 6.45) is 0.0648. The fourth-order valence-corrected chi connectivity index (χ4v) is 1.87. The van der Waals surface area contributed by atoms with Gasteiger partial charge in [-0.15, -0.1) is 11.3 Å². The van der Waals surface area contributed by atoms with Gasteiger partial charge in [-0.25, -0.2) is 0 Å². The maximum atomic E-state index is 9.43. The molecule has 1 rings (SSSR count). The Morgan fingerprint density at radius 1 is 1.73 bits per heavy atom. The second kappa shape index (κ2) is 4.07. The summed E-state index contributed by atoms with van der Waals surface area (Å²) in [5, 5.41) is 11.3. The van der Waals surface area contributed by atoms with Crippen LogP contribution in [0.3, 0.4) is 0 Å². The zero-order chi connectivity index (χ0) is 8.27. The smallest absolute Gasteiger partial charge is 0.0986 e. The Morgan fingerprint density at radius 3 is 2.91 bits per heavy atom. The fourth-order valence-electron chi connectivity index (χ4n) is 0.856. The molecule has 0 fully saturated rings. The van der Waals surface area contributed by atoms with E-state index >= 15 is 0 Å². The van der Waals surface area contributed by atoms with Gasteiger partial charge in [0.2, 0.25) is 0 Å². The van der Waals surface area contributed by atoms with Gasteiger partial charge >= 0.3 is 0 Å². The lowest BCUT2D eigenvalue weighted by Gasteiger charge is -2.06. The number of aliphatic hydroxyl groups is 1. The molecule has 0 spiro atoms. The number of nitrogens with two attached hydrogens (primary N) is 1. The third-order valence-electron chi connectivity index (χ3n) is 1.45. The summed E-state index contributed by atoms with van der Waals surface area (Å²) in [4.78, 5) is 0. The minimum Gasteiger partial charge on any atom is -0.388 e. The quantitative estimate of drug-likeness (QED) is 0.765. The van der Waals surface area contributed by atoms with Crippen LogP contribution in [0.2, 0.25) is 4.34 Å². The van der Waals surface area contributed by atoms with Gasteiger partial charge in [-0.1, -0.05) is 11.6 Å². The van der Waals surface area contributed by atoms with Crippen LogP contribution in [0, 0.1) is 0 Å². The molecule has 1 heterocycles. The van der Waals surface area contributed by atoms with Crippen molar-refractivity contribution in [2.24, 2.45) is 5.73 Å². The summed E-state index contributed by atoms with van der Waals surface area (Å²) in [5.41, 5.74) is 6.08. The first-order chi connectivity index (χ1) is 5.25. The summed E-state index contributed by atoms with van der Waals surface area (Å²) >= 11 is 7.21. The van der Waals surface area contributed by atoms with Gasteiger partial charge in [-0.05, 0) is 24.4 Å². The Balaban J connectivity index is 2.67. The highest BCUT2D eigenvalue weighted by Crippen LogP contribution is 2.29. The molecule has 1 unspecified atom stereocenters. The second-order valence-electron chi connectivity index (χ2n) is 2.24. The van der Waals surface area contributed by atoms with Gasteiger partial charge in [0, 0.05) is 5.56 Å². The van der Waals surface area contributed by atoms with Gasteiger partial charge in [-0.2, -0.15) is 0 Å². The van der Waals surface area contributed by atoms with Crippen molar-refractivity contribution in [1.29, 1.82) is 0 Å². The highest BCUT2D eigenvalue weighted by Gasteiger charge is 2.10. The van der Waals surface area contributed by atoms with E-state index in [2.05, 4.69) is 0 Å². The van der Waals surface area contributed by atoms with Crippen LogP contribution in [0.5, 0.6) is 0 Å². The number of thiophene rings is 1. The zero-order valence-electron chi connectivity index (χ0n) is 5.96. The molecule has 1 aromatic rings. The lowest BCUT2D eigenvalue weighted by Crippen LogP contribution is -2.05. The molecule has 3 N–H and O–H groups in total. The average Bonchev–Trinajstić information content (AvgIpc) is 2.36. The fraction of sp³-hybridized carbons (Fsp3) is 0.429. The van der Waals surface area contributed by atoms with Crippen LogP contribution in [0.1, 0.15) is 18.1 Å². The van der Waals surface area contributed by atoms with Crippen molar-refractivity contribution in [3.05, 3.63) is 21.3 Å². The molecule has 1 atom stereocenters. The van der Waals surface area contributed by atoms with E-state index in [0.29, 0.717) is 17.3 Å². The molecule has 0 saturated heterocycles. The lowest BCUT2D eigenvalue weighted by atomic mass is 10.1. The van der Waals surface area contributed by atoms with Crippen molar-refractivity contribution in [3.63, 3.8) is 0 Å². The van der Waals surface area contributed by atoms with Gasteiger partial charge in [-0.3, -0.25) is 0 Å². The van der Waals surface area contributed by atoms with Crippen LogP contribution in [0.15, 0.2) is 11.4 Å². The molecule has 0 aromatic carbocycles. The van der Waals surface area contributed by atoms with Crippen molar-refractivity contribution in [2.75, 3.05) is 6.54 Å². The predicted octanol–water partition coefficient (Wildman–Crippen LogP) is 1.78. The molecule has 0 aliphatic heterocycles. The van der Waals surface area contributed by atoms with E-state index in [1.807, 2.05) is 11.4 Å². The van der Waals surface area contributed by atoms with Crippen LogP contribution in [0.25, 0.3) is 0 Å². The Labute approximate surface area is 74.6 Å². The molecule has 1 aromatic heterocycles. The Morgan fingerprint density at radius 2 is 2.45 bits per heavy atom. The lowest BCUT2D eigenvalue weighted by molar-refractivity contribution is 0.171. The van der Waals surface area contributed by atoms with E-state index in [1.54, 1.807) is 0 Å². The number of rotatable bonds is 3. The van der Waals surface area contributed by atoms with Crippen molar-refractivity contribution in [1.82, 2.24) is 0 Å². The molecule has 0 radical (unpaired) electrons. The first-order valence-corrected chi connectivity index (χ1v) is 4.62. The van der Waals surface area contributed by atoms with Gasteiger partial charge in [0.1, 0.15) is 0 Å². The van der Waals surface area contributed by atoms with E-state index in [9.17, 15) is 5.11 Å². The van der Waals surface area contributed by atoms with Crippen LogP contribution in [-0.2, 0) is 0 Å². The standard InChI is InChI=1S/C7H10ClNOS/c8-7-5(2-4-11-7)6(10)1-3-9/h2,4,6,10H,1,3,9H2. The van der Waals surface area contributed by atoms with Crippen molar-refractivity contribution in [2.45, 2.75) is 12.5 Å². The largest absolute Gasteiger partial charge is 0.388 e. The molecule has 4 heteroatoms. The Kier molecular flexibility index (Phi) is 3.33. The average molecular weight is 192 g/mol. The summed E-state index contributed by atoms with van der Waals surface area (Å²) in [6, 6.07) is 1.83. The SMILES string of the molecule is NCCC(O)c1ccsc1Cl. The van der Waals surface area contributed by atoms with Crippen LogP contribution >= 0.6 is 22.9 Å². The normalized spacial score (nSPS) is 13.4. The molecule has 0 aliphatic rings. The molecule has 0 bridgehead atoms. The third kappa shape index (κ3) is 2.17. The topological polar surface area (TPSA) is 46.2 Å². The van der Waals surface area contributed by atoms with Crippen LogP contribution in [0.4, 0.5) is 0 Å². The molecule has 11 heavy (non-hydrogen) atoms. The number of aliphatic hydroxyl groups excluding tert-OH is 1. The zero-order valence-corrected chi connectivity index (χ0v) is 7.53. The molecule has 62 valence electrons. The van der Waals surface area contributed by atoms with Crippen molar-refractivity contribution in [3.8, 4) is 0 Å². The van der Waals surface area contributed by atoms with E-state index in [0.717, 1.165) is 5.56 Å². The second-order valence-corrected chi connectivity index (χ2v) is 3.76. The minimum atomic E-state index is -0.501. The van der Waals surface area contributed by atoms with E-state index in [4.69, 9.17) is 17.3 Å². The molecular weight excluding hydrogens is 182 g/mol. The first kappa shape index (κ1) is 9.00. The molecular formula is C7H10ClNOS. The van der Waals surface area contributed by atoms with E-state index < -0.39 is 6.10 Å². The third-order valence-corrected chi connectivity index (χ3v) is 2.65. The maximum Gasteiger partial charge on any atom is 0.0986 e. The van der Waals surface area contributed by atoms with Gasteiger partial charge in [0.25, 0.3) is 0 Å². The maximum absolute atomic E-state index is 9.43. The summed E-state index contributed by atoms with van der Waals surface area (Å²) in [7, 11) is 0. The highest BCUT2D eigenvalue weighted by molar-refractivity contribution is 7.14. The van der Waals surface area contributed by atoms with E-state index in [-0.39, 0.29) is 0 Å². The van der Waals surface area contributed by atoms with Gasteiger partial charge < -0.3 is 10.8 Å². The summed E-state index contributed by atoms with van der Waals surface area (Å²) in [5.74, 6) is 0. The van der Waals surface area contributed by atoms with Crippen molar-refractivity contribution >= 4 is 22.9 Å². The first-order valence-electron chi connectivity index (χ1n) is 3.36. The summed E-state index contributed by atoms with van der Waals surface area (Å²) in [6.45, 7) is 0.480. The monoisotopic (exact) mass is 191 g/mol. The molecule has 0 aliphatic carbocycles. The number of halogens is 1. The number of hydrogen-bond donors (Lipinski definition) is 2. The Hall–Kier alpha value is -0.0900. The Bertz CT molecular complexity index is 226. The van der Waals surface area contributed by atoms with Crippen LogP contribution < -0.4 is 5.73 Å². The van der Waals surface area contributed by atoms with Crippen molar-refractivity contribution < 1.29 is 5.11 Å². The predicted molar refractivity (Wildman–Crippen MR) is 48.0 cm³/mol. The molecule has 0 amide bonds. The molecule has 0 saturated carbocycles.